The van der Waals surface area contributed by atoms with Crippen LogP contribution in [0, 0.1) is 0 Å². The number of esters is 1. The molecule has 7 heteroatoms. The van der Waals surface area contributed by atoms with Crippen LogP contribution in [-0.2, 0) is 19.6 Å². The second-order valence-corrected chi connectivity index (χ2v) is 12.2. The Morgan fingerprint density at radius 2 is 1.89 bits per heavy atom. The Bertz CT molecular complexity index is 644. The van der Waals surface area contributed by atoms with Crippen LogP contribution in [0.5, 0.6) is 0 Å². The first-order valence-electron chi connectivity index (χ1n) is 9.61. The molecule has 0 saturated heterocycles. The first-order chi connectivity index (χ1) is 12.8. The van der Waals surface area contributed by atoms with Crippen molar-refractivity contribution < 1.29 is 18.3 Å². The number of rotatable bonds is 11. The van der Waals surface area contributed by atoms with Crippen molar-refractivity contribution in [3.8, 4) is 0 Å². The van der Waals surface area contributed by atoms with Crippen LogP contribution in [0.4, 0.5) is 4.39 Å². The fourth-order valence-corrected chi connectivity index (χ4v) is 6.58. The predicted molar refractivity (Wildman–Crippen MR) is 113 cm³/mol. The van der Waals surface area contributed by atoms with Crippen molar-refractivity contribution in [3.05, 3.63) is 40.4 Å². The molecule has 1 aromatic heterocycles. The first-order valence-corrected chi connectivity index (χ1v) is 12.9. The average molecular weight is 460 g/mol. The summed E-state index contributed by atoms with van der Waals surface area (Å²) in [4.78, 5) is 16.1. The van der Waals surface area contributed by atoms with Gasteiger partial charge in [-0.15, -0.1) is 0 Å². The fraction of sp³-hybridized carbons (Fsp3) is 0.600. The van der Waals surface area contributed by atoms with Crippen molar-refractivity contribution in [2.45, 2.75) is 71.2 Å². The third kappa shape index (κ3) is 6.80. The quantitative estimate of drug-likeness (QED) is 0.169. The van der Waals surface area contributed by atoms with Crippen LogP contribution in [0.3, 0.4) is 0 Å². The molecule has 0 aliphatic carbocycles. The summed E-state index contributed by atoms with van der Waals surface area (Å²) < 4.78 is 26.1. The Balaban J connectivity index is 3.11. The zero-order valence-corrected chi connectivity index (χ0v) is 19.6. The van der Waals surface area contributed by atoms with E-state index in [0.717, 1.165) is 28.4 Å². The molecule has 0 amide bonds. The topological polar surface area (TPSA) is 48.4 Å². The van der Waals surface area contributed by atoms with Gasteiger partial charge in [-0.2, -0.15) is 4.39 Å². The normalized spacial score (nSPS) is 14.7. The zero-order chi connectivity index (χ0) is 20.5. The Kier molecular flexibility index (Phi) is 9.84. The molecule has 0 bridgehead atoms. The van der Waals surface area contributed by atoms with Gasteiger partial charge >= 0.3 is 5.97 Å². The molecule has 4 nitrogen and oxygen atoms in total. The number of carbonyl (C=O) groups is 1. The van der Waals surface area contributed by atoms with Crippen molar-refractivity contribution in [1.82, 2.24) is 4.98 Å². The third-order valence-corrected chi connectivity index (χ3v) is 10.2. The van der Waals surface area contributed by atoms with E-state index < -0.39 is 25.7 Å². The van der Waals surface area contributed by atoms with Gasteiger partial charge in [0.2, 0.25) is 5.83 Å². The summed E-state index contributed by atoms with van der Waals surface area (Å²) in [5.74, 6) is -1.77. The van der Waals surface area contributed by atoms with Gasteiger partial charge in [-0.3, -0.25) is 0 Å². The van der Waals surface area contributed by atoms with Gasteiger partial charge in [0, 0.05) is 0 Å². The number of hydrogen-bond donors (Lipinski definition) is 0. The highest BCUT2D eigenvalue weighted by Gasteiger charge is 2.39. The molecule has 1 rings (SSSR count). The summed E-state index contributed by atoms with van der Waals surface area (Å²) in [7, 11) is -1.93. The highest BCUT2D eigenvalue weighted by Crippen LogP contribution is 2.37. The lowest BCUT2D eigenvalue weighted by Crippen LogP contribution is -2.44. The van der Waals surface area contributed by atoms with E-state index in [2.05, 4.69) is 41.7 Å². The summed E-state index contributed by atoms with van der Waals surface area (Å²) in [5, 5.41) is 0. The Morgan fingerprint density at radius 3 is 2.41 bits per heavy atom. The molecular weight excluding hydrogens is 429 g/mol. The van der Waals surface area contributed by atoms with E-state index in [9.17, 15) is 9.18 Å². The molecule has 1 heterocycles. The second kappa shape index (κ2) is 11.1. The van der Waals surface area contributed by atoms with Gasteiger partial charge in [0.1, 0.15) is 4.60 Å². The number of pyridine rings is 1. The first kappa shape index (κ1) is 24.0. The van der Waals surface area contributed by atoms with Crippen LogP contribution in [0.1, 0.15) is 53.2 Å². The number of carbonyl (C=O) groups excluding carboxylic acids is 1. The minimum absolute atomic E-state index is 0.153. The summed E-state index contributed by atoms with van der Waals surface area (Å²) in [6.45, 7) is 10.3. The van der Waals surface area contributed by atoms with Gasteiger partial charge in [0.05, 0.1) is 17.9 Å². The van der Waals surface area contributed by atoms with Crippen molar-refractivity contribution in [2.24, 2.45) is 0 Å². The van der Waals surface area contributed by atoms with Gasteiger partial charge in [0.25, 0.3) is 0 Å². The predicted octanol–water partition coefficient (Wildman–Crippen LogP) is 6.28. The minimum atomic E-state index is -1.93. The highest BCUT2D eigenvalue weighted by molar-refractivity contribution is 9.10. The van der Waals surface area contributed by atoms with E-state index in [1.807, 2.05) is 25.1 Å². The van der Waals surface area contributed by atoms with Gasteiger partial charge in [-0.05, 0) is 79.0 Å². The smallest absolute Gasteiger partial charge is 0.366 e. The Hall–Kier alpha value is -1.05. The van der Waals surface area contributed by atoms with E-state index in [0.29, 0.717) is 12.8 Å². The average Bonchev–Trinajstić information content (AvgIpc) is 2.66. The number of hydrogen-bond acceptors (Lipinski definition) is 4. The summed E-state index contributed by atoms with van der Waals surface area (Å²) in [5.41, 5.74) is 0.165. The molecular formula is C20H31BrFNO3Si. The van der Waals surface area contributed by atoms with Gasteiger partial charge in [-0.1, -0.05) is 26.8 Å². The minimum Gasteiger partial charge on any atom is -0.461 e. The Labute approximate surface area is 171 Å². The molecule has 0 spiro atoms. The fourth-order valence-electron chi connectivity index (χ4n) is 3.14. The number of ether oxygens (including phenoxy) is 1. The van der Waals surface area contributed by atoms with E-state index >= 15 is 0 Å². The maximum Gasteiger partial charge on any atom is 0.366 e. The van der Waals surface area contributed by atoms with Crippen LogP contribution in [0.15, 0.2) is 34.7 Å². The van der Waals surface area contributed by atoms with E-state index in [1.165, 1.54) is 6.08 Å². The van der Waals surface area contributed by atoms with Gasteiger partial charge in [0.15, 0.2) is 8.32 Å². The van der Waals surface area contributed by atoms with Crippen LogP contribution in [-0.4, -0.2) is 25.9 Å². The van der Waals surface area contributed by atoms with Crippen molar-refractivity contribution in [1.29, 1.82) is 0 Å². The second-order valence-electron chi connectivity index (χ2n) is 6.73. The summed E-state index contributed by atoms with van der Waals surface area (Å²) in [6.07, 6.45) is 2.17. The lowest BCUT2D eigenvalue weighted by Gasteiger charge is -2.40. The molecule has 27 heavy (non-hydrogen) atoms. The summed E-state index contributed by atoms with van der Waals surface area (Å²) >= 11 is 3.42. The van der Waals surface area contributed by atoms with Gasteiger partial charge in [-0.25, -0.2) is 9.78 Å². The number of nitrogens with zero attached hydrogens (tertiary/aromatic N) is 1. The van der Waals surface area contributed by atoms with E-state index in [4.69, 9.17) is 9.16 Å². The van der Waals surface area contributed by atoms with Crippen LogP contribution in [0.2, 0.25) is 18.1 Å². The van der Waals surface area contributed by atoms with Crippen LogP contribution >= 0.6 is 15.9 Å². The van der Waals surface area contributed by atoms with Gasteiger partial charge < -0.3 is 9.16 Å². The molecule has 1 aromatic rings. The molecule has 0 aliphatic rings. The number of aromatic nitrogens is 1. The number of halogens is 2. The Morgan fingerprint density at radius 1 is 1.26 bits per heavy atom. The largest absolute Gasteiger partial charge is 0.461 e. The molecule has 0 N–H and O–H groups in total. The molecule has 0 aliphatic heterocycles. The van der Waals surface area contributed by atoms with Crippen LogP contribution < -0.4 is 0 Å². The molecule has 0 fully saturated rings. The van der Waals surface area contributed by atoms with Crippen LogP contribution in [0.25, 0.3) is 0 Å². The maximum atomic E-state index is 13.9. The molecule has 0 aromatic carbocycles. The molecule has 0 radical (unpaired) electrons. The molecule has 1 unspecified atom stereocenters. The SMILES string of the molecule is CCOC(=O)/C(F)=C\CCC(C)(O[Si](CC)(CC)CC)c1cccc(Br)n1. The lowest BCUT2D eigenvalue weighted by molar-refractivity contribution is -0.140. The molecule has 1 atom stereocenters. The van der Waals surface area contributed by atoms with Crippen molar-refractivity contribution in [3.63, 3.8) is 0 Å². The zero-order valence-electron chi connectivity index (χ0n) is 17.0. The third-order valence-electron chi connectivity index (χ3n) is 5.05. The highest BCUT2D eigenvalue weighted by atomic mass is 79.9. The van der Waals surface area contributed by atoms with E-state index in [1.54, 1.807) is 6.92 Å². The maximum absolute atomic E-state index is 13.9. The van der Waals surface area contributed by atoms with E-state index in [-0.39, 0.29) is 6.61 Å². The monoisotopic (exact) mass is 459 g/mol. The summed E-state index contributed by atoms with van der Waals surface area (Å²) in [6, 6.07) is 8.77. The van der Waals surface area contributed by atoms with Crippen molar-refractivity contribution >= 4 is 30.2 Å². The molecule has 152 valence electrons. The number of allylic oxidation sites excluding steroid dienone is 1. The lowest BCUT2D eigenvalue weighted by atomic mass is 9.95. The molecule has 0 saturated carbocycles. The standard InChI is InChI=1S/C20H31BrFNO3Si/c1-6-25-19(24)16(22)12-11-15-20(5,17-13-10-14-18(21)23-17)26-27(7-2,8-3)9-4/h10,12-14H,6-9,11,15H2,1-5H3/b16-12+. The van der Waals surface area contributed by atoms with Crippen molar-refractivity contribution in [2.75, 3.05) is 6.61 Å².